The molecule has 0 atom stereocenters. The van der Waals surface area contributed by atoms with Gasteiger partial charge in [0.05, 0.1) is 22.8 Å². The van der Waals surface area contributed by atoms with E-state index in [0.29, 0.717) is 0 Å². The minimum Gasteiger partial charge on any atom is -0.309 e. The first kappa shape index (κ1) is 49.4. The van der Waals surface area contributed by atoms with E-state index in [0.717, 1.165) is 89.9 Å². The molecule has 3 rings (SSSR count). The zero-order valence-electron chi connectivity index (χ0n) is 37.6. The van der Waals surface area contributed by atoms with Crippen LogP contribution in [0.15, 0.2) is 234 Å². The van der Waals surface area contributed by atoms with Gasteiger partial charge in [0.1, 0.15) is 0 Å². The number of rotatable bonds is 24. The molecule has 0 amide bonds. The fraction of sp³-hybridized carbons (Fsp3) is 0.0492. The van der Waals surface area contributed by atoms with E-state index in [-0.39, 0.29) is 0 Å². The first-order valence-corrected chi connectivity index (χ1v) is 20.7. The van der Waals surface area contributed by atoms with Crippen molar-refractivity contribution in [2.24, 2.45) is 0 Å². The molecule has 2 nitrogen and oxygen atoms in total. The summed E-state index contributed by atoms with van der Waals surface area (Å²) in [6, 6.07) is 10.4. The van der Waals surface area contributed by atoms with Gasteiger partial charge in [-0.05, 0) is 97.2 Å². The fourth-order valence-corrected chi connectivity index (χ4v) is 7.16. The van der Waals surface area contributed by atoms with E-state index in [1.54, 1.807) is 24.3 Å². The van der Waals surface area contributed by atoms with E-state index in [1.807, 2.05) is 123 Å². The molecule has 63 heavy (non-hydrogen) atoms. The Hall–Kier alpha value is -7.94. The maximum Gasteiger partial charge on any atom is 0.0535 e. The highest BCUT2D eigenvalue weighted by molar-refractivity contribution is 6.01. The lowest BCUT2D eigenvalue weighted by Crippen LogP contribution is -2.04. The molecule has 1 aromatic carbocycles. The minimum atomic E-state index is 0.812. The number of allylic oxidation sites excluding steroid dienone is 25. The monoisotopic (exact) mass is 822 g/mol. The van der Waals surface area contributed by atoms with Crippen molar-refractivity contribution in [2.75, 3.05) is 0 Å². The van der Waals surface area contributed by atoms with E-state index in [2.05, 4.69) is 143 Å². The molecule has 0 saturated carbocycles. The molecule has 0 aliphatic heterocycles. The van der Waals surface area contributed by atoms with Crippen LogP contribution in [0.5, 0.6) is 0 Å². The highest BCUT2D eigenvalue weighted by Crippen LogP contribution is 2.39. The Morgan fingerprint density at radius 2 is 1.00 bits per heavy atom. The van der Waals surface area contributed by atoms with Crippen molar-refractivity contribution in [2.45, 2.75) is 20.8 Å². The van der Waals surface area contributed by atoms with Gasteiger partial charge in [0.15, 0.2) is 0 Å². The summed E-state index contributed by atoms with van der Waals surface area (Å²) in [5.41, 5.74) is 14.6. The Balaban J connectivity index is 2.57. The second-order valence-electron chi connectivity index (χ2n) is 13.7. The lowest BCUT2D eigenvalue weighted by Gasteiger charge is -2.18. The lowest BCUT2D eigenvalue weighted by molar-refractivity contribution is 1.09. The van der Waals surface area contributed by atoms with E-state index in [4.69, 9.17) is 0 Å². The molecule has 3 aromatic rings. The quantitative estimate of drug-likeness (QED) is 0.0797. The van der Waals surface area contributed by atoms with Crippen LogP contribution in [-0.2, 0) is 0 Å². The molecule has 0 aliphatic rings. The second kappa shape index (κ2) is 25.6. The zero-order chi connectivity index (χ0) is 46.3. The van der Waals surface area contributed by atoms with E-state index >= 15 is 0 Å². The predicted octanol–water partition coefficient (Wildman–Crippen LogP) is 17.4. The van der Waals surface area contributed by atoms with Gasteiger partial charge in [-0.25, -0.2) is 0 Å². The van der Waals surface area contributed by atoms with Crippen molar-refractivity contribution < 1.29 is 0 Å². The van der Waals surface area contributed by atoms with Gasteiger partial charge in [0.25, 0.3) is 0 Å². The summed E-state index contributed by atoms with van der Waals surface area (Å²) in [5.74, 6) is 0. The molecule has 0 saturated heterocycles. The third kappa shape index (κ3) is 11.7. The maximum absolute atomic E-state index is 4.35. The average Bonchev–Trinajstić information content (AvgIpc) is 3.77. The lowest BCUT2D eigenvalue weighted by atomic mass is 9.96. The summed E-state index contributed by atoms with van der Waals surface area (Å²) in [7, 11) is 0. The van der Waals surface area contributed by atoms with Crippen LogP contribution in [0.4, 0.5) is 0 Å². The van der Waals surface area contributed by atoms with Crippen molar-refractivity contribution >= 4 is 65.6 Å². The molecule has 0 spiro atoms. The first-order chi connectivity index (χ1) is 30.7. The normalized spacial score (nSPS) is 13.5. The van der Waals surface area contributed by atoms with Crippen LogP contribution in [0, 0.1) is 0 Å². The van der Waals surface area contributed by atoms with Gasteiger partial charge in [0.2, 0.25) is 0 Å². The fourth-order valence-electron chi connectivity index (χ4n) is 7.16. The van der Waals surface area contributed by atoms with Crippen molar-refractivity contribution in [3.05, 3.63) is 285 Å². The predicted molar refractivity (Wildman–Crippen MR) is 289 cm³/mol. The molecule has 0 N–H and O–H groups in total. The molecule has 0 radical (unpaired) electrons. The van der Waals surface area contributed by atoms with Crippen LogP contribution >= 0.6 is 0 Å². The SMILES string of the molecule is C=C\C=C/C=C(C)/C(=C/C=C)/C=C(\C=C)n1c(C=C)c(/C=C\C=C)c(/C=C(C=C)/C(C=C)=C/c2c(/C=C\C=C)c(C=C)n(C(=C/C)/C(=C\C=C/C)c3ccccc3)c2C=C)c1C=C. The van der Waals surface area contributed by atoms with Crippen LogP contribution in [0.25, 0.3) is 65.6 Å². The maximum atomic E-state index is 4.35. The molecule has 0 bridgehead atoms. The molecule has 0 unspecified atom stereocenters. The number of aromatic nitrogens is 2. The van der Waals surface area contributed by atoms with Gasteiger partial charge in [-0.15, -0.1) is 0 Å². The Labute approximate surface area is 378 Å². The number of nitrogens with zero attached hydrogens (tertiary/aromatic N) is 2. The van der Waals surface area contributed by atoms with Crippen molar-refractivity contribution in [3.8, 4) is 0 Å². The molecule has 0 aliphatic carbocycles. The molecule has 2 aromatic heterocycles. The van der Waals surface area contributed by atoms with Gasteiger partial charge in [-0.3, -0.25) is 0 Å². The minimum absolute atomic E-state index is 0.812. The summed E-state index contributed by atoms with van der Waals surface area (Å²) in [6.45, 7) is 51.9. The summed E-state index contributed by atoms with van der Waals surface area (Å²) in [4.78, 5) is 0. The Morgan fingerprint density at radius 3 is 1.44 bits per heavy atom. The molecule has 316 valence electrons. The standard InChI is InChI=1S/C61H62N2/c1-15-28-33-37-46(14)50(36-19-5)43-51(22-8)62-58(24-10)53(41-30-17-3)55(60(62)26-12)44-47(20-6)48(21-7)45-56-54(42-31-18-4)59(25-11)63(61(56)27-13)57(23-9)52(40-29-16-2)49-38-34-32-35-39-49/h15-45H,1,3-8,10-13H2,2,9,14H3/b29-16-,33-28-,41-30-,42-31-,46-37+,47-44+,48-45+,50-36+,51-43+,52-40-,57-23+. The van der Waals surface area contributed by atoms with Gasteiger partial charge in [-0.1, -0.05) is 212 Å². The highest BCUT2D eigenvalue weighted by atomic mass is 15.0. The van der Waals surface area contributed by atoms with E-state index < -0.39 is 0 Å². The van der Waals surface area contributed by atoms with Crippen molar-refractivity contribution in [3.63, 3.8) is 0 Å². The van der Waals surface area contributed by atoms with Gasteiger partial charge < -0.3 is 9.13 Å². The number of benzene rings is 1. The topological polar surface area (TPSA) is 9.86 Å². The third-order valence-electron chi connectivity index (χ3n) is 10.0. The molecule has 0 fully saturated rings. The highest BCUT2D eigenvalue weighted by Gasteiger charge is 2.23. The largest absolute Gasteiger partial charge is 0.309 e. The average molecular weight is 823 g/mol. The Kier molecular flexibility index (Phi) is 20.1. The van der Waals surface area contributed by atoms with Crippen molar-refractivity contribution in [1.82, 2.24) is 9.13 Å². The van der Waals surface area contributed by atoms with Gasteiger partial charge in [-0.2, -0.15) is 0 Å². The van der Waals surface area contributed by atoms with Crippen LogP contribution in [0.1, 0.15) is 71.4 Å². The Bertz CT molecular complexity index is 2630. The second-order valence-corrected chi connectivity index (χ2v) is 13.7. The number of hydrogen-bond donors (Lipinski definition) is 0. The zero-order valence-corrected chi connectivity index (χ0v) is 37.6. The van der Waals surface area contributed by atoms with Crippen LogP contribution < -0.4 is 0 Å². The van der Waals surface area contributed by atoms with Crippen LogP contribution in [0.2, 0.25) is 0 Å². The van der Waals surface area contributed by atoms with Crippen LogP contribution in [0.3, 0.4) is 0 Å². The summed E-state index contributed by atoms with van der Waals surface area (Å²) in [6.07, 6.45) is 50.4. The van der Waals surface area contributed by atoms with Crippen molar-refractivity contribution in [1.29, 1.82) is 0 Å². The molecular formula is C61H62N2. The molecule has 2 heteroatoms. The smallest absolute Gasteiger partial charge is 0.0535 e. The first-order valence-electron chi connectivity index (χ1n) is 20.7. The molecule has 2 heterocycles. The number of hydrogen-bond acceptors (Lipinski definition) is 0. The van der Waals surface area contributed by atoms with E-state index in [9.17, 15) is 0 Å². The third-order valence-corrected chi connectivity index (χ3v) is 10.0. The Morgan fingerprint density at radius 1 is 0.492 bits per heavy atom. The summed E-state index contributed by atoms with van der Waals surface area (Å²) in [5, 5.41) is 0. The van der Waals surface area contributed by atoms with Gasteiger partial charge in [0, 0.05) is 39.2 Å². The van der Waals surface area contributed by atoms with Crippen LogP contribution in [-0.4, -0.2) is 9.13 Å². The summed E-state index contributed by atoms with van der Waals surface area (Å²) < 4.78 is 4.32. The van der Waals surface area contributed by atoms with Gasteiger partial charge >= 0.3 is 0 Å². The van der Waals surface area contributed by atoms with E-state index in [1.165, 1.54) is 0 Å². The molecular weight excluding hydrogens is 761 g/mol. The summed E-state index contributed by atoms with van der Waals surface area (Å²) >= 11 is 0.